The zero-order chi connectivity index (χ0) is 13.9. The largest absolute Gasteiger partial charge is 0.496 e. The van der Waals surface area contributed by atoms with Crippen LogP contribution in [-0.4, -0.2) is 36.5 Å². The van der Waals surface area contributed by atoms with Crippen LogP contribution in [0.3, 0.4) is 0 Å². The van der Waals surface area contributed by atoms with E-state index in [2.05, 4.69) is 6.92 Å². The number of ether oxygens (including phenoxy) is 1. The first-order chi connectivity index (χ1) is 9.08. The molecule has 0 aromatic heterocycles. The average Bonchev–Trinajstić information content (AvgIpc) is 2.36. The molecule has 4 heteroatoms. The molecule has 1 saturated heterocycles. The summed E-state index contributed by atoms with van der Waals surface area (Å²) in [6.45, 7) is 3.47. The van der Waals surface area contributed by atoms with Crippen molar-refractivity contribution in [3.8, 4) is 5.75 Å². The maximum Gasteiger partial charge on any atom is 0.227 e. The molecule has 1 aromatic rings. The van der Waals surface area contributed by atoms with Gasteiger partial charge in [0.1, 0.15) is 5.75 Å². The first-order valence-electron chi connectivity index (χ1n) is 6.76. The molecule has 19 heavy (non-hydrogen) atoms. The average molecular weight is 262 g/mol. The summed E-state index contributed by atoms with van der Waals surface area (Å²) in [7, 11) is 1.62. The van der Waals surface area contributed by atoms with Gasteiger partial charge in [0.25, 0.3) is 0 Å². The minimum atomic E-state index is -0.162. The molecule has 0 radical (unpaired) electrons. The fourth-order valence-corrected chi connectivity index (χ4v) is 2.67. The molecular weight excluding hydrogens is 240 g/mol. The Labute approximate surface area is 114 Å². The van der Waals surface area contributed by atoms with Crippen LogP contribution in [0.2, 0.25) is 0 Å². The summed E-state index contributed by atoms with van der Waals surface area (Å²) in [4.78, 5) is 14.0. The predicted molar refractivity (Wildman–Crippen MR) is 75.1 cm³/mol. The maximum absolute atomic E-state index is 12.2. The lowest BCUT2D eigenvalue weighted by molar-refractivity contribution is -0.138. The van der Waals surface area contributed by atoms with Gasteiger partial charge in [0.2, 0.25) is 5.91 Å². The van der Waals surface area contributed by atoms with Gasteiger partial charge in [-0.3, -0.25) is 4.79 Å². The predicted octanol–water partition coefficient (Wildman–Crippen LogP) is 1.58. The third-order valence-corrected chi connectivity index (χ3v) is 3.65. The standard InChI is InChI=1S/C15H22N2O2/c1-3-8-15(16)10-17(11-15)14(18)9-12-6-4-5-7-13(12)19-2/h4-7H,3,8-11,16H2,1-2H3. The van der Waals surface area contributed by atoms with E-state index in [-0.39, 0.29) is 11.4 Å². The highest BCUT2D eigenvalue weighted by Gasteiger charge is 2.40. The molecule has 0 saturated carbocycles. The fraction of sp³-hybridized carbons (Fsp3) is 0.533. The number of carbonyl (C=O) groups is 1. The molecular formula is C15H22N2O2. The molecule has 104 valence electrons. The molecule has 1 amide bonds. The number of nitrogens with two attached hydrogens (primary N) is 1. The Bertz CT molecular complexity index is 453. The van der Waals surface area contributed by atoms with Crippen LogP contribution in [0, 0.1) is 0 Å². The van der Waals surface area contributed by atoms with E-state index in [4.69, 9.17) is 10.5 Å². The van der Waals surface area contributed by atoms with Crippen molar-refractivity contribution in [3.63, 3.8) is 0 Å². The van der Waals surface area contributed by atoms with Gasteiger partial charge in [-0.1, -0.05) is 31.5 Å². The molecule has 4 nitrogen and oxygen atoms in total. The third-order valence-electron chi connectivity index (χ3n) is 3.65. The van der Waals surface area contributed by atoms with Gasteiger partial charge in [-0.05, 0) is 12.5 Å². The monoisotopic (exact) mass is 262 g/mol. The first kappa shape index (κ1) is 13.9. The number of likely N-dealkylation sites (tertiary alicyclic amines) is 1. The summed E-state index contributed by atoms with van der Waals surface area (Å²) in [5, 5.41) is 0. The quantitative estimate of drug-likeness (QED) is 0.876. The molecule has 1 aliphatic rings. The third kappa shape index (κ3) is 3.07. The van der Waals surface area contributed by atoms with Crippen LogP contribution in [0.15, 0.2) is 24.3 Å². The Hall–Kier alpha value is -1.55. The fourth-order valence-electron chi connectivity index (χ4n) is 2.67. The Morgan fingerprint density at radius 1 is 1.42 bits per heavy atom. The van der Waals surface area contributed by atoms with E-state index in [9.17, 15) is 4.79 Å². The van der Waals surface area contributed by atoms with E-state index in [0.29, 0.717) is 19.5 Å². The lowest BCUT2D eigenvalue weighted by atomic mass is 9.86. The second-order valence-electron chi connectivity index (χ2n) is 5.35. The number of amides is 1. The van der Waals surface area contributed by atoms with Crippen LogP contribution in [0.5, 0.6) is 5.75 Å². The molecule has 1 heterocycles. The van der Waals surface area contributed by atoms with Crippen LogP contribution in [0.1, 0.15) is 25.3 Å². The lowest BCUT2D eigenvalue weighted by Gasteiger charge is -2.48. The second-order valence-corrected chi connectivity index (χ2v) is 5.35. The SMILES string of the molecule is CCCC1(N)CN(C(=O)Cc2ccccc2OC)C1. The number of benzene rings is 1. The van der Waals surface area contributed by atoms with Crippen LogP contribution in [0.4, 0.5) is 0 Å². The molecule has 1 fully saturated rings. The van der Waals surface area contributed by atoms with Crippen LogP contribution < -0.4 is 10.5 Å². The van der Waals surface area contributed by atoms with Gasteiger partial charge in [-0.2, -0.15) is 0 Å². The van der Waals surface area contributed by atoms with Gasteiger partial charge in [0.15, 0.2) is 0 Å². The summed E-state index contributed by atoms with van der Waals surface area (Å²) in [6.07, 6.45) is 2.42. The van der Waals surface area contributed by atoms with Gasteiger partial charge >= 0.3 is 0 Å². The topological polar surface area (TPSA) is 55.6 Å². The van der Waals surface area contributed by atoms with Crippen LogP contribution in [-0.2, 0) is 11.2 Å². The smallest absolute Gasteiger partial charge is 0.227 e. The lowest BCUT2D eigenvalue weighted by Crippen LogP contribution is -2.68. The van der Waals surface area contributed by atoms with Crippen molar-refractivity contribution in [2.24, 2.45) is 5.73 Å². The number of methoxy groups -OCH3 is 1. The van der Waals surface area contributed by atoms with Crippen molar-refractivity contribution in [1.82, 2.24) is 4.90 Å². The van der Waals surface area contributed by atoms with E-state index in [1.165, 1.54) is 0 Å². The number of nitrogens with zero attached hydrogens (tertiary/aromatic N) is 1. The Kier molecular flexibility index (Phi) is 4.10. The van der Waals surface area contributed by atoms with Gasteiger partial charge in [-0.25, -0.2) is 0 Å². The van der Waals surface area contributed by atoms with Gasteiger partial charge in [-0.15, -0.1) is 0 Å². The molecule has 0 unspecified atom stereocenters. The highest BCUT2D eigenvalue weighted by molar-refractivity contribution is 5.80. The van der Waals surface area contributed by atoms with E-state index in [1.54, 1.807) is 7.11 Å². The van der Waals surface area contributed by atoms with E-state index >= 15 is 0 Å². The van der Waals surface area contributed by atoms with Crippen molar-refractivity contribution in [2.75, 3.05) is 20.2 Å². The van der Waals surface area contributed by atoms with Crippen LogP contribution in [0.25, 0.3) is 0 Å². The van der Waals surface area contributed by atoms with E-state index in [0.717, 1.165) is 24.2 Å². The number of rotatable bonds is 5. The van der Waals surface area contributed by atoms with Gasteiger partial charge in [0, 0.05) is 18.7 Å². The second kappa shape index (κ2) is 5.61. The van der Waals surface area contributed by atoms with Crippen molar-refractivity contribution in [3.05, 3.63) is 29.8 Å². The molecule has 1 aliphatic heterocycles. The van der Waals surface area contributed by atoms with Crippen LogP contribution >= 0.6 is 0 Å². The highest BCUT2D eigenvalue weighted by atomic mass is 16.5. The minimum Gasteiger partial charge on any atom is -0.496 e. The highest BCUT2D eigenvalue weighted by Crippen LogP contribution is 2.25. The number of para-hydroxylation sites is 1. The number of carbonyl (C=O) groups excluding carboxylic acids is 1. The van der Waals surface area contributed by atoms with Gasteiger partial charge in [0.05, 0.1) is 19.1 Å². The summed E-state index contributed by atoms with van der Waals surface area (Å²) >= 11 is 0. The molecule has 1 aromatic carbocycles. The molecule has 2 rings (SSSR count). The normalized spacial score (nSPS) is 16.9. The zero-order valence-corrected chi connectivity index (χ0v) is 11.7. The molecule has 0 atom stereocenters. The molecule has 0 bridgehead atoms. The number of hydrogen-bond acceptors (Lipinski definition) is 3. The van der Waals surface area contributed by atoms with Crippen molar-refractivity contribution in [1.29, 1.82) is 0 Å². The van der Waals surface area contributed by atoms with E-state index in [1.807, 2.05) is 29.2 Å². The summed E-state index contributed by atoms with van der Waals surface area (Å²) in [5.74, 6) is 0.894. The van der Waals surface area contributed by atoms with Crippen molar-refractivity contribution >= 4 is 5.91 Å². The van der Waals surface area contributed by atoms with Crippen molar-refractivity contribution in [2.45, 2.75) is 31.7 Å². The minimum absolute atomic E-state index is 0.127. The van der Waals surface area contributed by atoms with Crippen molar-refractivity contribution < 1.29 is 9.53 Å². The maximum atomic E-state index is 12.2. The Morgan fingerprint density at radius 2 is 2.11 bits per heavy atom. The molecule has 0 spiro atoms. The molecule has 0 aliphatic carbocycles. The first-order valence-corrected chi connectivity index (χ1v) is 6.76. The summed E-state index contributed by atoms with van der Waals surface area (Å²) < 4.78 is 5.26. The Morgan fingerprint density at radius 3 is 2.74 bits per heavy atom. The summed E-state index contributed by atoms with van der Waals surface area (Å²) in [5.41, 5.74) is 6.94. The van der Waals surface area contributed by atoms with E-state index < -0.39 is 0 Å². The van der Waals surface area contributed by atoms with Gasteiger partial charge < -0.3 is 15.4 Å². The Balaban J connectivity index is 1.93. The summed E-state index contributed by atoms with van der Waals surface area (Å²) in [6, 6.07) is 7.63. The zero-order valence-electron chi connectivity index (χ0n) is 11.7. The number of hydrogen-bond donors (Lipinski definition) is 1. The molecule has 2 N–H and O–H groups in total.